The highest BCUT2D eigenvalue weighted by atomic mass is 32.2. The van der Waals surface area contributed by atoms with Crippen molar-refractivity contribution in [2.75, 3.05) is 11.6 Å². The molecule has 0 aliphatic carbocycles. The van der Waals surface area contributed by atoms with E-state index in [0.717, 1.165) is 38.7 Å². The van der Waals surface area contributed by atoms with Crippen molar-refractivity contribution in [1.29, 1.82) is 0 Å². The van der Waals surface area contributed by atoms with Crippen molar-refractivity contribution in [3.63, 3.8) is 0 Å². The fraction of sp³-hybridized carbons (Fsp3) is 0.200. The van der Waals surface area contributed by atoms with Gasteiger partial charge in [0.1, 0.15) is 5.65 Å². The summed E-state index contributed by atoms with van der Waals surface area (Å²) in [7, 11) is 0. The summed E-state index contributed by atoms with van der Waals surface area (Å²) in [6.45, 7) is 6.25. The summed E-state index contributed by atoms with van der Waals surface area (Å²) in [5.74, 6) is -0.0540. The van der Waals surface area contributed by atoms with Crippen LogP contribution in [0.25, 0.3) is 16.9 Å². The standard InChI is InChI=1S/C25H25N3OS/c1-16-10-11-19(13-18(16)3)24-22(28-12-6-7-17(2)25(28)27-24)15-23(29)26-20-8-5-9-21(14-20)30-4/h5-14H,15H2,1-4H3,(H,26,29). The van der Waals surface area contributed by atoms with E-state index in [1.165, 1.54) is 11.1 Å². The number of fused-ring (bicyclic) bond motifs is 1. The van der Waals surface area contributed by atoms with E-state index in [0.29, 0.717) is 0 Å². The predicted octanol–water partition coefficient (Wildman–Crippen LogP) is 5.83. The first-order valence-electron chi connectivity index (χ1n) is 9.94. The Kier molecular flexibility index (Phi) is 5.64. The number of hydrogen-bond acceptors (Lipinski definition) is 3. The molecule has 2 heterocycles. The van der Waals surface area contributed by atoms with Crippen LogP contribution >= 0.6 is 11.8 Å². The van der Waals surface area contributed by atoms with E-state index in [2.05, 4.69) is 37.4 Å². The van der Waals surface area contributed by atoms with Gasteiger partial charge in [-0.1, -0.05) is 24.3 Å². The van der Waals surface area contributed by atoms with E-state index in [-0.39, 0.29) is 12.3 Å². The number of nitrogens with one attached hydrogen (secondary N) is 1. The Morgan fingerprint density at radius 3 is 2.60 bits per heavy atom. The number of pyridine rings is 1. The van der Waals surface area contributed by atoms with Crippen LogP contribution in [0.15, 0.2) is 65.7 Å². The summed E-state index contributed by atoms with van der Waals surface area (Å²) in [6, 6.07) is 18.3. The number of carbonyl (C=O) groups is 1. The number of anilines is 1. The number of aryl methyl sites for hydroxylation is 3. The molecular formula is C25H25N3OS. The molecule has 0 saturated carbocycles. The number of carbonyl (C=O) groups excluding carboxylic acids is 1. The van der Waals surface area contributed by atoms with Gasteiger partial charge in [-0.2, -0.15) is 0 Å². The van der Waals surface area contributed by atoms with Gasteiger partial charge in [-0.05, 0) is 74.0 Å². The normalized spacial score (nSPS) is 11.1. The molecule has 0 aliphatic heterocycles. The molecule has 4 aromatic rings. The molecule has 4 nitrogen and oxygen atoms in total. The minimum absolute atomic E-state index is 0.0540. The van der Waals surface area contributed by atoms with Crippen LogP contribution in [0, 0.1) is 20.8 Å². The lowest BCUT2D eigenvalue weighted by atomic mass is 10.0. The van der Waals surface area contributed by atoms with E-state index >= 15 is 0 Å². The highest BCUT2D eigenvalue weighted by molar-refractivity contribution is 7.98. The molecule has 2 aromatic heterocycles. The van der Waals surface area contributed by atoms with Crippen molar-refractivity contribution >= 4 is 29.0 Å². The van der Waals surface area contributed by atoms with E-state index in [9.17, 15) is 4.79 Å². The van der Waals surface area contributed by atoms with Crippen LogP contribution in [0.5, 0.6) is 0 Å². The van der Waals surface area contributed by atoms with Crippen LogP contribution in [-0.2, 0) is 11.2 Å². The largest absolute Gasteiger partial charge is 0.326 e. The molecule has 2 aromatic carbocycles. The molecule has 0 bridgehead atoms. The Balaban J connectivity index is 1.74. The van der Waals surface area contributed by atoms with Crippen LogP contribution in [-0.4, -0.2) is 21.5 Å². The minimum Gasteiger partial charge on any atom is -0.326 e. The van der Waals surface area contributed by atoms with Gasteiger partial charge in [-0.3, -0.25) is 4.79 Å². The highest BCUT2D eigenvalue weighted by Crippen LogP contribution is 2.28. The van der Waals surface area contributed by atoms with E-state index in [1.807, 2.05) is 60.2 Å². The zero-order valence-electron chi connectivity index (χ0n) is 17.7. The number of nitrogens with zero attached hydrogens (tertiary/aromatic N) is 2. The van der Waals surface area contributed by atoms with E-state index in [1.54, 1.807) is 11.8 Å². The van der Waals surface area contributed by atoms with Gasteiger partial charge in [-0.15, -0.1) is 11.8 Å². The first-order chi connectivity index (χ1) is 14.5. The highest BCUT2D eigenvalue weighted by Gasteiger charge is 2.18. The van der Waals surface area contributed by atoms with Gasteiger partial charge < -0.3 is 9.72 Å². The summed E-state index contributed by atoms with van der Waals surface area (Å²) < 4.78 is 2.04. The Labute approximate surface area is 181 Å². The second-order valence-corrected chi connectivity index (χ2v) is 8.43. The van der Waals surface area contributed by atoms with Gasteiger partial charge in [0.05, 0.1) is 17.8 Å². The number of aromatic nitrogens is 2. The van der Waals surface area contributed by atoms with E-state index in [4.69, 9.17) is 4.98 Å². The topological polar surface area (TPSA) is 46.4 Å². The SMILES string of the molecule is CSc1cccc(NC(=O)Cc2c(-c3ccc(C)c(C)c3)nc3c(C)cccn23)c1. The molecule has 1 N–H and O–H groups in total. The molecular weight excluding hydrogens is 390 g/mol. The summed E-state index contributed by atoms with van der Waals surface area (Å²) in [5, 5.41) is 3.04. The monoisotopic (exact) mass is 415 g/mol. The maximum atomic E-state index is 13.0. The number of imidazole rings is 1. The van der Waals surface area contributed by atoms with Crippen LogP contribution in [0.2, 0.25) is 0 Å². The van der Waals surface area contributed by atoms with Gasteiger partial charge in [0.25, 0.3) is 0 Å². The van der Waals surface area contributed by atoms with E-state index < -0.39 is 0 Å². The molecule has 0 radical (unpaired) electrons. The third kappa shape index (κ3) is 3.98. The van der Waals surface area contributed by atoms with Crippen LogP contribution < -0.4 is 5.32 Å². The summed E-state index contributed by atoms with van der Waals surface area (Å²) in [5.41, 5.74) is 8.03. The minimum atomic E-state index is -0.0540. The molecule has 152 valence electrons. The summed E-state index contributed by atoms with van der Waals surface area (Å²) in [6.07, 6.45) is 4.25. The van der Waals surface area contributed by atoms with Gasteiger partial charge in [0.2, 0.25) is 5.91 Å². The van der Waals surface area contributed by atoms with Crippen molar-refractivity contribution < 1.29 is 4.79 Å². The number of hydrogen-bond donors (Lipinski definition) is 1. The number of amides is 1. The number of rotatable bonds is 5. The first kappa shape index (κ1) is 20.2. The molecule has 5 heteroatoms. The maximum Gasteiger partial charge on any atom is 0.230 e. The van der Waals surface area contributed by atoms with Crippen molar-refractivity contribution in [3.05, 3.63) is 83.2 Å². The number of thioether (sulfide) groups is 1. The number of benzene rings is 2. The summed E-state index contributed by atoms with van der Waals surface area (Å²) in [4.78, 5) is 19.0. The average molecular weight is 416 g/mol. The Bertz CT molecular complexity index is 1240. The predicted molar refractivity (Wildman–Crippen MR) is 125 cm³/mol. The second-order valence-electron chi connectivity index (χ2n) is 7.55. The smallest absolute Gasteiger partial charge is 0.230 e. The third-order valence-electron chi connectivity index (χ3n) is 5.41. The van der Waals surface area contributed by atoms with Crippen molar-refractivity contribution in [1.82, 2.24) is 9.38 Å². The molecule has 30 heavy (non-hydrogen) atoms. The van der Waals surface area contributed by atoms with Crippen LogP contribution in [0.1, 0.15) is 22.4 Å². The lowest BCUT2D eigenvalue weighted by Crippen LogP contribution is -2.16. The fourth-order valence-electron chi connectivity index (χ4n) is 3.60. The average Bonchev–Trinajstić information content (AvgIpc) is 3.10. The molecule has 0 unspecified atom stereocenters. The Morgan fingerprint density at radius 1 is 1.00 bits per heavy atom. The molecule has 0 atom stereocenters. The summed E-state index contributed by atoms with van der Waals surface area (Å²) >= 11 is 1.66. The fourth-order valence-corrected chi connectivity index (χ4v) is 4.06. The molecule has 1 amide bonds. The lowest BCUT2D eigenvalue weighted by Gasteiger charge is -2.09. The van der Waals surface area contributed by atoms with Crippen molar-refractivity contribution in [2.45, 2.75) is 32.1 Å². The maximum absolute atomic E-state index is 13.0. The van der Waals surface area contributed by atoms with Gasteiger partial charge >= 0.3 is 0 Å². The second kappa shape index (κ2) is 8.36. The Morgan fingerprint density at radius 2 is 1.83 bits per heavy atom. The molecule has 0 aliphatic rings. The van der Waals surface area contributed by atoms with Gasteiger partial charge in [0, 0.05) is 22.3 Å². The zero-order valence-corrected chi connectivity index (χ0v) is 18.5. The Hall–Kier alpha value is -3.05. The zero-order chi connectivity index (χ0) is 21.3. The van der Waals surface area contributed by atoms with Crippen molar-refractivity contribution in [3.8, 4) is 11.3 Å². The lowest BCUT2D eigenvalue weighted by molar-refractivity contribution is -0.115. The van der Waals surface area contributed by atoms with Crippen LogP contribution in [0.4, 0.5) is 5.69 Å². The van der Waals surface area contributed by atoms with Gasteiger partial charge in [-0.25, -0.2) is 4.98 Å². The molecule has 4 rings (SSSR count). The third-order valence-corrected chi connectivity index (χ3v) is 6.13. The molecule has 0 spiro atoms. The quantitative estimate of drug-likeness (QED) is 0.417. The molecule has 0 fully saturated rings. The molecule has 0 saturated heterocycles. The van der Waals surface area contributed by atoms with Gasteiger partial charge in [0.15, 0.2) is 0 Å². The van der Waals surface area contributed by atoms with Crippen LogP contribution in [0.3, 0.4) is 0 Å². The van der Waals surface area contributed by atoms with Crippen molar-refractivity contribution in [2.24, 2.45) is 0 Å². The first-order valence-corrected chi connectivity index (χ1v) is 11.2.